The second kappa shape index (κ2) is 4.43. The summed E-state index contributed by atoms with van der Waals surface area (Å²) >= 11 is 0. The van der Waals surface area contributed by atoms with Crippen LogP contribution in [-0.4, -0.2) is 13.0 Å². The molecule has 0 atom stereocenters. The Balaban J connectivity index is 2.02. The predicted molar refractivity (Wildman–Crippen MR) is 74.7 cm³/mol. The molecule has 0 radical (unpaired) electrons. The molecule has 0 spiro atoms. The number of methoxy groups -OCH3 is 1. The second-order valence-electron chi connectivity index (χ2n) is 4.72. The van der Waals surface area contributed by atoms with E-state index in [-0.39, 0.29) is 5.91 Å². The molecule has 1 heterocycles. The highest BCUT2D eigenvalue weighted by atomic mass is 16.5. The molecule has 96 valence electrons. The van der Waals surface area contributed by atoms with Crippen molar-refractivity contribution in [2.45, 2.75) is 13.5 Å². The summed E-state index contributed by atoms with van der Waals surface area (Å²) < 4.78 is 5.28. The van der Waals surface area contributed by atoms with Crippen LogP contribution in [0.5, 0.6) is 5.75 Å². The number of carbonyl (C=O) groups excluding carboxylic acids is 1. The van der Waals surface area contributed by atoms with Gasteiger partial charge in [-0.25, -0.2) is 0 Å². The Morgan fingerprint density at radius 1 is 1.11 bits per heavy atom. The van der Waals surface area contributed by atoms with Crippen molar-refractivity contribution in [3.05, 3.63) is 59.2 Å². The Morgan fingerprint density at radius 2 is 1.84 bits per heavy atom. The van der Waals surface area contributed by atoms with E-state index < -0.39 is 0 Å². The molecule has 3 rings (SSSR count). The highest BCUT2D eigenvalue weighted by Gasteiger charge is 2.31. The highest BCUT2D eigenvalue weighted by molar-refractivity contribution is 6.11. The maximum atomic E-state index is 12.5. The van der Waals surface area contributed by atoms with Crippen LogP contribution >= 0.6 is 0 Å². The van der Waals surface area contributed by atoms with E-state index in [4.69, 9.17) is 4.74 Å². The van der Waals surface area contributed by atoms with Gasteiger partial charge in [0.1, 0.15) is 5.75 Å². The summed E-state index contributed by atoms with van der Waals surface area (Å²) in [7, 11) is 1.59. The molecule has 2 aromatic carbocycles. The molecule has 0 N–H and O–H groups in total. The number of ether oxygens (including phenoxy) is 1. The monoisotopic (exact) mass is 253 g/mol. The number of amides is 1. The van der Waals surface area contributed by atoms with E-state index in [0.29, 0.717) is 17.9 Å². The van der Waals surface area contributed by atoms with E-state index in [2.05, 4.69) is 0 Å². The topological polar surface area (TPSA) is 29.5 Å². The number of hydrogen-bond donors (Lipinski definition) is 0. The summed E-state index contributed by atoms with van der Waals surface area (Å²) in [4.78, 5) is 14.3. The molecule has 0 unspecified atom stereocenters. The first-order chi connectivity index (χ1) is 9.20. The highest BCUT2D eigenvalue weighted by Crippen LogP contribution is 2.33. The summed E-state index contributed by atoms with van der Waals surface area (Å²) in [5.41, 5.74) is 3.81. The summed E-state index contributed by atoms with van der Waals surface area (Å²) in [6, 6.07) is 13.7. The Labute approximate surface area is 112 Å². The first-order valence-electron chi connectivity index (χ1n) is 6.25. The van der Waals surface area contributed by atoms with Gasteiger partial charge in [-0.05, 0) is 30.7 Å². The van der Waals surface area contributed by atoms with Crippen LogP contribution in [0.3, 0.4) is 0 Å². The number of anilines is 1. The van der Waals surface area contributed by atoms with Gasteiger partial charge in [0.05, 0.1) is 19.2 Å². The zero-order valence-corrected chi connectivity index (χ0v) is 11.0. The number of aryl methyl sites for hydroxylation is 1. The number of rotatable bonds is 2. The maximum Gasteiger partial charge on any atom is 0.262 e. The third kappa shape index (κ3) is 1.87. The molecule has 3 heteroatoms. The number of benzene rings is 2. The number of nitrogens with zero attached hydrogens (tertiary/aromatic N) is 1. The SMILES string of the molecule is COc1cccc2c1C(=O)N(c1ccc(C)cc1)C2. The van der Waals surface area contributed by atoms with E-state index in [0.717, 1.165) is 11.3 Å². The van der Waals surface area contributed by atoms with E-state index >= 15 is 0 Å². The Kier molecular flexibility index (Phi) is 2.75. The first-order valence-corrected chi connectivity index (χ1v) is 6.25. The molecular weight excluding hydrogens is 238 g/mol. The minimum atomic E-state index is 0.0105. The van der Waals surface area contributed by atoms with Gasteiger partial charge in [0.15, 0.2) is 0 Å². The largest absolute Gasteiger partial charge is 0.496 e. The van der Waals surface area contributed by atoms with E-state index in [1.807, 2.05) is 49.4 Å². The third-order valence-corrected chi connectivity index (χ3v) is 3.47. The molecule has 0 fully saturated rings. The van der Waals surface area contributed by atoms with Gasteiger partial charge < -0.3 is 9.64 Å². The van der Waals surface area contributed by atoms with Gasteiger partial charge in [0.2, 0.25) is 0 Å². The zero-order chi connectivity index (χ0) is 13.4. The maximum absolute atomic E-state index is 12.5. The molecule has 1 amide bonds. The molecule has 19 heavy (non-hydrogen) atoms. The fourth-order valence-corrected chi connectivity index (χ4v) is 2.43. The minimum Gasteiger partial charge on any atom is -0.496 e. The van der Waals surface area contributed by atoms with Crippen LogP contribution in [0.1, 0.15) is 21.5 Å². The van der Waals surface area contributed by atoms with Crippen LogP contribution in [0, 0.1) is 6.92 Å². The normalized spacial score (nSPS) is 13.6. The van der Waals surface area contributed by atoms with E-state index in [9.17, 15) is 4.79 Å². The van der Waals surface area contributed by atoms with Crippen LogP contribution in [-0.2, 0) is 6.54 Å². The molecule has 0 saturated carbocycles. The first kappa shape index (κ1) is 11.8. The van der Waals surface area contributed by atoms with Crippen molar-refractivity contribution < 1.29 is 9.53 Å². The van der Waals surface area contributed by atoms with Crippen molar-refractivity contribution in [2.75, 3.05) is 12.0 Å². The van der Waals surface area contributed by atoms with Gasteiger partial charge in [-0.1, -0.05) is 29.8 Å². The van der Waals surface area contributed by atoms with Gasteiger partial charge in [-0.15, -0.1) is 0 Å². The second-order valence-corrected chi connectivity index (χ2v) is 4.72. The van der Waals surface area contributed by atoms with Crippen molar-refractivity contribution in [1.82, 2.24) is 0 Å². The van der Waals surface area contributed by atoms with Crippen molar-refractivity contribution in [2.24, 2.45) is 0 Å². The van der Waals surface area contributed by atoms with Crippen LogP contribution < -0.4 is 9.64 Å². The van der Waals surface area contributed by atoms with Gasteiger partial charge in [-0.3, -0.25) is 4.79 Å². The number of fused-ring (bicyclic) bond motifs is 1. The average Bonchev–Trinajstić information content (AvgIpc) is 2.77. The minimum absolute atomic E-state index is 0.0105. The lowest BCUT2D eigenvalue weighted by Crippen LogP contribution is -2.23. The van der Waals surface area contributed by atoms with Gasteiger partial charge in [0.25, 0.3) is 5.91 Å². The molecule has 0 saturated heterocycles. The van der Waals surface area contributed by atoms with Gasteiger partial charge in [0, 0.05) is 5.69 Å². The lowest BCUT2D eigenvalue weighted by molar-refractivity contribution is 0.0994. The molecule has 0 aromatic heterocycles. The van der Waals surface area contributed by atoms with Crippen molar-refractivity contribution in [3.63, 3.8) is 0 Å². The van der Waals surface area contributed by atoms with Crippen LogP contribution in [0.4, 0.5) is 5.69 Å². The van der Waals surface area contributed by atoms with Crippen LogP contribution in [0.25, 0.3) is 0 Å². The van der Waals surface area contributed by atoms with Gasteiger partial charge >= 0.3 is 0 Å². The molecule has 2 aromatic rings. The third-order valence-electron chi connectivity index (χ3n) is 3.47. The Morgan fingerprint density at radius 3 is 2.53 bits per heavy atom. The average molecular weight is 253 g/mol. The lowest BCUT2D eigenvalue weighted by Gasteiger charge is -2.15. The molecule has 3 nitrogen and oxygen atoms in total. The summed E-state index contributed by atoms with van der Waals surface area (Å²) in [6.45, 7) is 2.64. The summed E-state index contributed by atoms with van der Waals surface area (Å²) in [6.07, 6.45) is 0. The molecule has 1 aliphatic heterocycles. The van der Waals surface area contributed by atoms with Crippen LogP contribution in [0.15, 0.2) is 42.5 Å². The molecule has 0 aliphatic carbocycles. The number of carbonyl (C=O) groups is 1. The Bertz CT molecular complexity index is 632. The summed E-state index contributed by atoms with van der Waals surface area (Å²) in [5.74, 6) is 0.661. The number of hydrogen-bond acceptors (Lipinski definition) is 2. The fourth-order valence-electron chi connectivity index (χ4n) is 2.43. The predicted octanol–water partition coefficient (Wildman–Crippen LogP) is 3.16. The molecular formula is C16H15NO2. The molecule has 1 aliphatic rings. The Hall–Kier alpha value is -2.29. The fraction of sp³-hybridized carbons (Fsp3) is 0.188. The van der Waals surface area contributed by atoms with Crippen molar-refractivity contribution >= 4 is 11.6 Å². The zero-order valence-electron chi connectivity index (χ0n) is 11.0. The van der Waals surface area contributed by atoms with E-state index in [1.54, 1.807) is 12.0 Å². The quantitative estimate of drug-likeness (QED) is 0.822. The van der Waals surface area contributed by atoms with Crippen molar-refractivity contribution in [3.8, 4) is 5.75 Å². The lowest BCUT2D eigenvalue weighted by atomic mass is 10.1. The van der Waals surface area contributed by atoms with Crippen LogP contribution in [0.2, 0.25) is 0 Å². The molecule has 0 bridgehead atoms. The van der Waals surface area contributed by atoms with E-state index in [1.165, 1.54) is 5.56 Å². The van der Waals surface area contributed by atoms with Crippen molar-refractivity contribution in [1.29, 1.82) is 0 Å². The van der Waals surface area contributed by atoms with Gasteiger partial charge in [-0.2, -0.15) is 0 Å². The standard InChI is InChI=1S/C16H15NO2/c1-11-6-8-13(9-7-11)17-10-12-4-3-5-14(19-2)15(12)16(17)18/h3-9H,10H2,1-2H3. The summed E-state index contributed by atoms with van der Waals surface area (Å²) in [5, 5.41) is 0. The smallest absolute Gasteiger partial charge is 0.262 e.